The van der Waals surface area contributed by atoms with E-state index in [0.29, 0.717) is 8.34 Å². The molecule has 0 amide bonds. The van der Waals surface area contributed by atoms with Crippen LogP contribution in [-0.4, -0.2) is 22.3 Å². The molecular weight excluding hydrogens is 378 g/mol. The van der Waals surface area contributed by atoms with Gasteiger partial charge in [0.05, 0.1) is 20.7 Å². The van der Waals surface area contributed by atoms with E-state index in [-0.39, 0.29) is 18.0 Å². The molecule has 19 heavy (non-hydrogen) atoms. The van der Waals surface area contributed by atoms with Crippen LogP contribution in [0.4, 0.5) is 4.39 Å². The molecule has 0 bridgehead atoms. The largest absolute Gasteiger partial charge is 0.378 e. The highest BCUT2D eigenvalue weighted by Crippen LogP contribution is 2.30. The van der Waals surface area contributed by atoms with E-state index in [4.69, 9.17) is 17.0 Å². The van der Waals surface area contributed by atoms with E-state index in [1.54, 1.807) is 12.1 Å². The predicted octanol–water partition coefficient (Wildman–Crippen LogP) is 4.18. The van der Waals surface area contributed by atoms with Gasteiger partial charge in [0, 0.05) is 18.7 Å². The van der Waals surface area contributed by atoms with Crippen LogP contribution in [0.15, 0.2) is 12.1 Å². The first kappa shape index (κ1) is 13.5. The molecule has 1 aliphatic heterocycles. The van der Waals surface area contributed by atoms with Crippen LogP contribution in [0.1, 0.15) is 25.8 Å². The lowest BCUT2D eigenvalue weighted by Crippen LogP contribution is -2.25. The molecule has 102 valence electrons. The molecule has 2 unspecified atom stereocenters. The molecule has 1 aromatic carbocycles. The number of nitrogens with zero attached hydrogens (tertiary/aromatic N) is 1. The van der Waals surface area contributed by atoms with E-state index in [1.807, 2.05) is 27.2 Å². The Bertz CT molecular complexity index is 681. The Kier molecular flexibility index (Phi) is 3.65. The van der Waals surface area contributed by atoms with Crippen LogP contribution < -0.4 is 0 Å². The summed E-state index contributed by atoms with van der Waals surface area (Å²) >= 11 is 7.39. The summed E-state index contributed by atoms with van der Waals surface area (Å²) in [6, 6.07) is 3.66. The van der Waals surface area contributed by atoms with Crippen LogP contribution in [0.2, 0.25) is 0 Å². The summed E-state index contributed by atoms with van der Waals surface area (Å²) in [6.07, 6.45) is 2.05. The minimum atomic E-state index is -0.198. The van der Waals surface area contributed by atoms with Gasteiger partial charge in [0.2, 0.25) is 0 Å². The van der Waals surface area contributed by atoms with Crippen LogP contribution in [0, 0.1) is 14.2 Å². The van der Waals surface area contributed by atoms with Crippen LogP contribution in [0.5, 0.6) is 0 Å². The minimum Gasteiger partial charge on any atom is -0.378 e. The number of halogens is 2. The number of rotatable bonds is 1. The lowest BCUT2D eigenvalue weighted by molar-refractivity contribution is 0.00647. The molecule has 2 aromatic rings. The van der Waals surface area contributed by atoms with Crippen LogP contribution in [0.25, 0.3) is 11.0 Å². The monoisotopic (exact) mass is 392 g/mol. The highest BCUT2D eigenvalue weighted by molar-refractivity contribution is 14.1. The number of fused-ring (bicyclic) bond motifs is 1. The van der Waals surface area contributed by atoms with Gasteiger partial charge in [0.1, 0.15) is 5.82 Å². The number of nitrogens with one attached hydrogen (secondary N) is 1. The van der Waals surface area contributed by atoms with Crippen molar-refractivity contribution in [3.63, 3.8) is 0 Å². The third kappa shape index (κ3) is 2.45. The standard InChI is InChI=1S/C13H14FIN2OS/c1-7-4-8(2-3-18-7)17-12-5-9(14)10(15)6-11(12)16-13(17)19/h5-8H,2-4H2,1H3,(H,16,19). The fraction of sp³-hybridized carbons (Fsp3) is 0.462. The van der Waals surface area contributed by atoms with E-state index in [0.717, 1.165) is 30.5 Å². The Morgan fingerprint density at radius 3 is 3.05 bits per heavy atom. The number of aromatic amines is 1. The molecule has 3 nitrogen and oxygen atoms in total. The van der Waals surface area contributed by atoms with Crippen molar-refractivity contribution in [1.82, 2.24) is 9.55 Å². The molecule has 1 N–H and O–H groups in total. The first-order valence-electron chi connectivity index (χ1n) is 6.27. The van der Waals surface area contributed by atoms with Crippen molar-refractivity contribution < 1.29 is 9.13 Å². The molecule has 1 aliphatic rings. The molecule has 1 saturated heterocycles. The van der Waals surface area contributed by atoms with Gasteiger partial charge in [-0.15, -0.1) is 0 Å². The normalized spacial score (nSPS) is 23.9. The van der Waals surface area contributed by atoms with E-state index in [9.17, 15) is 4.39 Å². The maximum absolute atomic E-state index is 13.8. The number of imidazole rings is 1. The first-order valence-corrected chi connectivity index (χ1v) is 7.76. The van der Waals surface area contributed by atoms with Gasteiger partial charge in [-0.25, -0.2) is 4.39 Å². The SMILES string of the molecule is CC1CC(n2c(=S)[nH]c3cc(I)c(F)cc32)CCO1. The lowest BCUT2D eigenvalue weighted by atomic mass is 10.0. The third-order valence-electron chi connectivity index (χ3n) is 3.58. The fourth-order valence-corrected chi connectivity index (χ4v) is 3.52. The van der Waals surface area contributed by atoms with Crippen molar-refractivity contribution in [3.8, 4) is 0 Å². The number of ether oxygens (including phenoxy) is 1. The topological polar surface area (TPSA) is 29.9 Å². The Balaban J connectivity index is 2.14. The molecule has 3 rings (SSSR count). The van der Waals surface area contributed by atoms with Crippen LogP contribution >= 0.6 is 34.8 Å². The summed E-state index contributed by atoms with van der Waals surface area (Å²) in [5, 5.41) is 0. The highest BCUT2D eigenvalue weighted by atomic mass is 127. The van der Waals surface area contributed by atoms with Crippen molar-refractivity contribution in [3.05, 3.63) is 26.3 Å². The first-order chi connectivity index (χ1) is 9.06. The fourth-order valence-electron chi connectivity index (χ4n) is 2.69. The number of benzene rings is 1. The second-order valence-corrected chi connectivity index (χ2v) is 6.49. The van der Waals surface area contributed by atoms with Gasteiger partial charge in [-0.05, 0) is 60.6 Å². The molecule has 2 heterocycles. The lowest BCUT2D eigenvalue weighted by Gasteiger charge is -2.28. The van der Waals surface area contributed by atoms with Crippen molar-refractivity contribution in [2.45, 2.75) is 31.9 Å². The molecule has 1 aromatic heterocycles. The number of H-pyrrole nitrogens is 1. The maximum atomic E-state index is 13.8. The van der Waals surface area contributed by atoms with Gasteiger partial charge < -0.3 is 14.3 Å². The van der Waals surface area contributed by atoms with E-state index >= 15 is 0 Å². The zero-order valence-electron chi connectivity index (χ0n) is 10.5. The van der Waals surface area contributed by atoms with Crippen molar-refractivity contribution >= 4 is 45.8 Å². The van der Waals surface area contributed by atoms with Gasteiger partial charge >= 0.3 is 0 Å². The molecule has 1 fully saturated rings. The second kappa shape index (κ2) is 5.14. The smallest absolute Gasteiger partial charge is 0.178 e. The molecule has 0 spiro atoms. The summed E-state index contributed by atoms with van der Waals surface area (Å²) in [7, 11) is 0. The summed E-state index contributed by atoms with van der Waals surface area (Å²) in [6.45, 7) is 2.79. The Hall–Kier alpha value is -0.470. The van der Waals surface area contributed by atoms with E-state index in [2.05, 4.69) is 11.9 Å². The zero-order chi connectivity index (χ0) is 13.6. The Morgan fingerprint density at radius 1 is 1.53 bits per heavy atom. The Morgan fingerprint density at radius 2 is 2.32 bits per heavy atom. The summed E-state index contributed by atoms with van der Waals surface area (Å²) in [4.78, 5) is 3.17. The average Bonchev–Trinajstić information content (AvgIpc) is 2.65. The molecule has 0 aliphatic carbocycles. The maximum Gasteiger partial charge on any atom is 0.178 e. The van der Waals surface area contributed by atoms with Gasteiger partial charge in [-0.3, -0.25) is 0 Å². The quantitative estimate of drug-likeness (QED) is 0.583. The van der Waals surface area contributed by atoms with Crippen LogP contribution in [-0.2, 0) is 4.74 Å². The number of hydrogen-bond donors (Lipinski definition) is 1. The minimum absolute atomic E-state index is 0.198. The van der Waals surface area contributed by atoms with Crippen LogP contribution in [0.3, 0.4) is 0 Å². The summed E-state index contributed by atoms with van der Waals surface area (Å²) in [5.74, 6) is -0.198. The second-order valence-electron chi connectivity index (χ2n) is 4.94. The summed E-state index contributed by atoms with van der Waals surface area (Å²) < 4.78 is 22.7. The Labute approximate surface area is 129 Å². The average molecular weight is 392 g/mol. The van der Waals surface area contributed by atoms with Gasteiger partial charge in [0.15, 0.2) is 4.77 Å². The van der Waals surface area contributed by atoms with Crippen molar-refractivity contribution in [1.29, 1.82) is 0 Å². The van der Waals surface area contributed by atoms with Gasteiger partial charge in [-0.1, -0.05) is 0 Å². The predicted molar refractivity (Wildman–Crippen MR) is 83.5 cm³/mol. The zero-order valence-corrected chi connectivity index (χ0v) is 13.4. The molecule has 2 atom stereocenters. The molecular formula is C13H14FIN2OS. The van der Waals surface area contributed by atoms with Crippen molar-refractivity contribution in [2.24, 2.45) is 0 Å². The van der Waals surface area contributed by atoms with Gasteiger partial charge in [0.25, 0.3) is 0 Å². The molecule has 0 saturated carbocycles. The third-order valence-corrected chi connectivity index (χ3v) is 4.71. The number of hydrogen-bond acceptors (Lipinski definition) is 2. The van der Waals surface area contributed by atoms with E-state index < -0.39 is 0 Å². The van der Waals surface area contributed by atoms with Gasteiger partial charge in [-0.2, -0.15) is 0 Å². The summed E-state index contributed by atoms with van der Waals surface area (Å²) in [5.41, 5.74) is 1.75. The van der Waals surface area contributed by atoms with E-state index in [1.165, 1.54) is 0 Å². The molecule has 0 radical (unpaired) electrons. The highest BCUT2D eigenvalue weighted by Gasteiger charge is 2.23. The van der Waals surface area contributed by atoms with Crippen molar-refractivity contribution in [2.75, 3.05) is 6.61 Å². The molecule has 6 heteroatoms. The number of aromatic nitrogens is 2.